The summed E-state index contributed by atoms with van der Waals surface area (Å²) >= 11 is 5.92. The molecule has 2 saturated heterocycles. The Morgan fingerprint density at radius 3 is 2.51 bits per heavy atom. The van der Waals surface area contributed by atoms with E-state index in [0.29, 0.717) is 49.0 Å². The Morgan fingerprint density at radius 2 is 1.83 bits per heavy atom. The van der Waals surface area contributed by atoms with Gasteiger partial charge in [-0.2, -0.15) is 5.10 Å². The molecule has 10 heteroatoms. The summed E-state index contributed by atoms with van der Waals surface area (Å²) in [5, 5.41) is 23.8. The number of aliphatic carboxylic acids is 1. The molecule has 0 spiro atoms. The van der Waals surface area contributed by atoms with Crippen LogP contribution in [0.5, 0.6) is 0 Å². The molecule has 0 radical (unpaired) electrons. The van der Waals surface area contributed by atoms with Gasteiger partial charge in [0, 0.05) is 30.2 Å². The zero-order valence-corrected chi connectivity index (χ0v) is 20.3. The predicted octanol–water partition coefficient (Wildman–Crippen LogP) is 4.12. The summed E-state index contributed by atoms with van der Waals surface area (Å²) in [4.78, 5) is 28.1. The van der Waals surface area contributed by atoms with Crippen LogP contribution in [-0.4, -0.2) is 61.2 Å². The molecule has 2 N–H and O–H groups in total. The number of benzene rings is 1. The van der Waals surface area contributed by atoms with Gasteiger partial charge in [0.25, 0.3) is 0 Å². The number of nitrogens with one attached hydrogen (secondary N) is 1. The summed E-state index contributed by atoms with van der Waals surface area (Å²) in [6.07, 6.45) is 4.40. The molecule has 5 rings (SSSR count). The van der Waals surface area contributed by atoms with Gasteiger partial charge in [-0.15, -0.1) is 0 Å². The van der Waals surface area contributed by atoms with Crippen LogP contribution in [0, 0.1) is 11.3 Å². The summed E-state index contributed by atoms with van der Waals surface area (Å²) in [5.41, 5.74) is 2.33. The summed E-state index contributed by atoms with van der Waals surface area (Å²) in [6.45, 7) is 1.78. The van der Waals surface area contributed by atoms with Gasteiger partial charge in [0.15, 0.2) is 0 Å². The standard InChI is InChI=1S/C25H30ClN5O4/c26-18-7-5-16(6-8-18)15-35-25(34)29-9-2-10-30-21(14-29)13-22(28-30)23(27)31-19-3-1-4-20(31)12-17(11-19)24(32)33/h5-8,13,17,19-20,27H,1-4,9-12,14-15H2,(H,32,33). The molecule has 2 atom stereocenters. The first-order valence-electron chi connectivity index (χ1n) is 12.2. The molecule has 2 unspecified atom stereocenters. The Kier molecular flexibility index (Phi) is 6.69. The number of carbonyl (C=O) groups is 2. The number of rotatable bonds is 4. The van der Waals surface area contributed by atoms with Crippen molar-refractivity contribution in [2.24, 2.45) is 5.92 Å². The van der Waals surface area contributed by atoms with Crippen LogP contribution < -0.4 is 0 Å². The van der Waals surface area contributed by atoms with Crippen LogP contribution in [0.3, 0.4) is 0 Å². The van der Waals surface area contributed by atoms with Gasteiger partial charge >= 0.3 is 12.1 Å². The first kappa shape index (κ1) is 23.7. The van der Waals surface area contributed by atoms with E-state index in [9.17, 15) is 14.7 Å². The number of nitrogens with zero attached hydrogens (tertiary/aromatic N) is 4. The number of amides is 1. The third kappa shape index (κ3) is 5.00. The van der Waals surface area contributed by atoms with E-state index in [1.165, 1.54) is 0 Å². The molecule has 2 aromatic rings. The molecule has 3 aliphatic heterocycles. The molecular formula is C25H30ClN5O4. The fraction of sp³-hybridized carbons (Fsp3) is 0.520. The van der Waals surface area contributed by atoms with E-state index in [2.05, 4.69) is 4.90 Å². The maximum absolute atomic E-state index is 12.8. The van der Waals surface area contributed by atoms with Crippen molar-refractivity contribution in [3.63, 3.8) is 0 Å². The summed E-state index contributed by atoms with van der Waals surface area (Å²) < 4.78 is 7.41. The van der Waals surface area contributed by atoms with E-state index in [4.69, 9.17) is 26.8 Å². The highest BCUT2D eigenvalue weighted by atomic mass is 35.5. The molecule has 4 heterocycles. The Labute approximate surface area is 209 Å². The second kappa shape index (κ2) is 9.89. The monoisotopic (exact) mass is 499 g/mol. The zero-order chi connectivity index (χ0) is 24.5. The number of carboxylic acids is 1. The van der Waals surface area contributed by atoms with Crippen molar-refractivity contribution in [3.05, 3.63) is 52.3 Å². The Balaban J connectivity index is 1.26. The van der Waals surface area contributed by atoms with Crippen molar-refractivity contribution in [2.75, 3.05) is 6.54 Å². The quantitative estimate of drug-likeness (QED) is 0.483. The number of fused-ring (bicyclic) bond motifs is 3. The van der Waals surface area contributed by atoms with Gasteiger partial charge in [-0.1, -0.05) is 23.7 Å². The smallest absolute Gasteiger partial charge is 0.410 e. The molecule has 186 valence electrons. The number of ether oxygens (including phenoxy) is 1. The molecule has 1 aromatic carbocycles. The largest absolute Gasteiger partial charge is 0.481 e. The van der Waals surface area contributed by atoms with Gasteiger partial charge in [0.05, 0.1) is 18.2 Å². The summed E-state index contributed by atoms with van der Waals surface area (Å²) in [5.74, 6) is -0.702. The van der Waals surface area contributed by atoms with Crippen molar-refractivity contribution in [3.8, 4) is 0 Å². The maximum Gasteiger partial charge on any atom is 0.410 e. The van der Waals surface area contributed by atoms with Crippen molar-refractivity contribution in [1.82, 2.24) is 19.6 Å². The van der Waals surface area contributed by atoms with Crippen LogP contribution in [0.25, 0.3) is 0 Å². The average Bonchev–Trinajstić information content (AvgIpc) is 3.13. The minimum Gasteiger partial charge on any atom is -0.481 e. The number of aryl methyl sites for hydroxylation is 1. The van der Waals surface area contributed by atoms with Crippen LogP contribution >= 0.6 is 11.6 Å². The lowest BCUT2D eigenvalue weighted by molar-refractivity contribution is -0.145. The van der Waals surface area contributed by atoms with Gasteiger partial charge in [0.2, 0.25) is 0 Å². The molecule has 1 amide bonds. The second-order valence-electron chi connectivity index (χ2n) is 9.70. The van der Waals surface area contributed by atoms with E-state index in [0.717, 1.165) is 36.9 Å². The number of piperidine rings is 2. The lowest BCUT2D eigenvalue weighted by Crippen LogP contribution is -2.55. The molecule has 0 aliphatic carbocycles. The number of carbonyl (C=O) groups excluding carboxylic acids is 1. The Morgan fingerprint density at radius 1 is 1.11 bits per heavy atom. The number of hydrogen-bond donors (Lipinski definition) is 2. The number of halogens is 1. The predicted molar refractivity (Wildman–Crippen MR) is 129 cm³/mol. The van der Waals surface area contributed by atoms with Gasteiger partial charge in [0.1, 0.15) is 18.1 Å². The number of hydrogen-bond acceptors (Lipinski definition) is 5. The SMILES string of the molecule is N=C(c1cc2n(n1)CCCN(C(=O)OCc1ccc(Cl)cc1)C2)N1C2CCCC1CC(C(=O)O)C2. The van der Waals surface area contributed by atoms with Crippen molar-refractivity contribution in [1.29, 1.82) is 5.41 Å². The fourth-order valence-electron chi connectivity index (χ4n) is 5.63. The molecule has 0 saturated carbocycles. The highest BCUT2D eigenvalue weighted by Crippen LogP contribution is 2.38. The van der Waals surface area contributed by atoms with Crippen molar-refractivity contribution >= 4 is 29.5 Å². The van der Waals surface area contributed by atoms with E-state index in [1.54, 1.807) is 17.0 Å². The van der Waals surface area contributed by atoms with Gasteiger partial charge in [-0.3, -0.25) is 14.9 Å². The molecule has 9 nitrogen and oxygen atoms in total. The lowest BCUT2D eigenvalue weighted by atomic mass is 9.78. The Hall–Kier alpha value is -3.07. The highest BCUT2D eigenvalue weighted by Gasteiger charge is 2.42. The lowest BCUT2D eigenvalue weighted by Gasteiger charge is -2.49. The van der Waals surface area contributed by atoms with E-state index in [-0.39, 0.29) is 30.7 Å². The van der Waals surface area contributed by atoms with Gasteiger partial charge < -0.3 is 19.6 Å². The van der Waals surface area contributed by atoms with Crippen LogP contribution in [0.1, 0.15) is 55.5 Å². The number of amidine groups is 1. The molecule has 1 aromatic heterocycles. The second-order valence-corrected chi connectivity index (χ2v) is 10.1. The third-order valence-corrected chi connectivity index (χ3v) is 7.62. The molecule has 2 bridgehead atoms. The van der Waals surface area contributed by atoms with Crippen LogP contribution in [0.15, 0.2) is 30.3 Å². The van der Waals surface area contributed by atoms with E-state index < -0.39 is 5.97 Å². The van der Waals surface area contributed by atoms with Crippen LogP contribution in [-0.2, 0) is 29.2 Å². The first-order chi connectivity index (χ1) is 16.9. The topological polar surface area (TPSA) is 112 Å². The van der Waals surface area contributed by atoms with E-state index in [1.807, 2.05) is 22.9 Å². The highest BCUT2D eigenvalue weighted by molar-refractivity contribution is 6.30. The van der Waals surface area contributed by atoms with Gasteiger partial charge in [-0.25, -0.2) is 4.79 Å². The van der Waals surface area contributed by atoms with Crippen molar-refractivity contribution in [2.45, 2.75) is 70.3 Å². The fourth-order valence-corrected chi connectivity index (χ4v) is 5.76. The minimum atomic E-state index is -0.732. The molecule has 3 aliphatic rings. The zero-order valence-electron chi connectivity index (χ0n) is 19.5. The normalized spacial score (nSPS) is 23.9. The Bertz CT molecular complexity index is 1100. The summed E-state index contributed by atoms with van der Waals surface area (Å²) in [7, 11) is 0. The number of aromatic nitrogens is 2. The van der Waals surface area contributed by atoms with E-state index >= 15 is 0 Å². The average molecular weight is 500 g/mol. The summed E-state index contributed by atoms with van der Waals surface area (Å²) in [6, 6.07) is 9.23. The van der Waals surface area contributed by atoms with Crippen LogP contribution in [0.4, 0.5) is 4.79 Å². The van der Waals surface area contributed by atoms with Crippen molar-refractivity contribution < 1.29 is 19.4 Å². The molecule has 2 fully saturated rings. The molecular weight excluding hydrogens is 470 g/mol. The molecule has 35 heavy (non-hydrogen) atoms. The number of carboxylic acid groups (broad SMARTS) is 1. The minimum absolute atomic E-state index is 0.0666. The van der Waals surface area contributed by atoms with Crippen LogP contribution in [0.2, 0.25) is 5.02 Å². The van der Waals surface area contributed by atoms with Gasteiger partial charge in [-0.05, 0) is 62.3 Å². The maximum atomic E-state index is 12.8. The third-order valence-electron chi connectivity index (χ3n) is 7.37. The first-order valence-corrected chi connectivity index (χ1v) is 12.6.